The Hall–Kier alpha value is -1.67. The first-order valence-electron chi connectivity index (χ1n) is 5.74. The van der Waals surface area contributed by atoms with Gasteiger partial charge in [-0.25, -0.2) is 0 Å². The van der Waals surface area contributed by atoms with Gasteiger partial charge < -0.3 is 0 Å². The molecular formula is C15H14NS+. The average Bonchev–Trinajstić information content (AvgIpc) is 2.73. The molecule has 0 aliphatic heterocycles. The Morgan fingerprint density at radius 3 is 2.82 bits per heavy atom. The Labute approximate surface area is 105 Å². The Kier molecular flexibility index (Phi) is 2.65. The molecule has 2 aromatic carbocycles. The van der Waals surface area contributed by atoms with Crippen molar-refractivity contribution in [3.05, 3.63) is 65.2 Å². The number of aromatic nitrogens is 1. The molecule has 0 atom stereocenters. The third-order valence-corrected chi connectivity index (χ3v) is 3.88. The highest BCUT2D eigenvalue weighted by atomic mass is 32.1. The van der Waals surface area contributed by atoms with Crippen LogP contribution in [0.5, 0.6) is 0 Å². The highest BCUT2D eigenvalue weighted by molar-refractivity contribution is 7.16. The van der Waals surface area contributed by atoms with E-state index < -0.39 is 0 Å². The van der Waals surface area contributed by atoms with Crippen LogP contribution in [0.25, 0.3) is 10.2 Å². The topological polar surface area (TPSA) is 3.88 Å². The van der Waals surface area contributed by atoms with Gasteiger partial charge in [0.1, 0.15) is 4.70 Å². The quantitative estimate of drug-likeness (QED) is 0.603. The summed E-state index contributed by atoms with van der Waals surface area (Å²) < 4.78 is 3.66. The van der Waals surface area contributed by atoms with E-state index in [1.165, 1.54) is 21.3 Å². The molecule has 0 amide bonds. The lowest BCUT2D eigenvalue weighted by Crippen LogP contribution is -2.31. The molecule has 0 fully saturated rings. The van der Waals surface area contributed by atoms with Crippen molar-refractivity contribution in [1.82, 2.24) is 0 Å². The molecule has 0 aliphatic carbocycles. The van der Waals surface area contributed by atoms with Crippen molar-refractivity contribution >= 4 is 21.6 Å². The molecule has 2 heteroatoms. The molecule has 0 bridgehead atoms. The fourth-order valence-corrected chi connectivity index (χ4v) is 2.99. The Morgan fingerprint density at radius 2 is 1.94 bits per heavy atom. The van der Waals surface area contributed by atoms with Crippen LogP contribution >= 0.6 is 11.3 Å². The lowest BCUT2D eigenvalue weighted by Gasteiger charge is -1.98. The van der Waals surface area contributed by atoms with E-state index in [2.05, 4.69) is 65.5 Å². The number of thiazole rings is 1. The summed E-state index contributed by atoms with van der Waals surface area (Å²) in [5.41, 5.74) is 6.20. The van der Waals surface area contributed by atoms with Gasteiger partial charge in [-0.2, -0.15) is 4.57 Å². The second kappa shape index (κ2) is 4.30. The van der Waals surface area contributed by atoms with Crippen molar-refractivity contribution in [2.24, 2.45) is 0 Å². The van der Waals surface area contributed by atoms with Gasteiger partial charge in [0.2, 0.25) is 11.0 Å². The van der Waals surface area contributed by atoms with Crippen LogP contribution in [0.4, 0.5) is 0 Å². The minimum atomic E-state index is 0.950. The second-order valence-corrected chi connectivity index (χ2v) is 5.19. The summed E-state index contributed by atoms with van der Waals surface area (Å²) in [5, 5.41) is 0. The third kappa shape index (κ3) is 2.08. The van der Waals surface area contributed by atoms with Gasteiger partial charge in [-0.1, -0.05) is 47.2 Å². The van der Waals surface area contributed by atoms with Crippen molar-refractivity contribution in [2.75, 3.05) is 0 Å². The van der Waals surface area contributed by atoms with Crippen LogP contribution in [0, 0.1) is 6.92 Å². The monoisotopic (exact) mass is 240 g/mol. The summed E-state index contributed by atoms with van der Waals surface area (Å²) in [7, 11) is 0. The van der Waals surface area contributed by atoms with Gasteiger partial charge in [0.05, 0.1) is 0 Å². The molecule has 1 nitrogen and oxygen atoms in total. The van der Waals surface area contributed by atoms with Crippen molar-refractivity contribution in [3.63, 3.8) is 0 Å². The predicted octanol–water partition coefficient (Wildman–Crippen LogP) is 3.55. The first-order valence-corrected chi connectivity index (χ1v) is 6.62. The van der Waals surface area contributed by atoms with Crippen LogP contribution in [0.2, 0.25) is 0 Å². The van der Waals surface area contributed by atoms with Crippen LogP contribution < -0.4 is 4.57 Å². The molecule has 3 rings (SSSR count). The number of para-hydroxylation sites is 1. The second-order valence-electron chi connectivity index (χ2n) is 4.31. The zero-order valence-electron chi connectivity index (χ0n) is 9.76. The van der Waals surface area contributed by atoms with E-state index in [1.807, 2.05) is 0 Å². The fourth-order valence-electron chi connectivity index (χ4n) is 2.10. The molecule has 0 unspecified atom stereocenters. The van der Waals surface area contributed by atoms with Crippen LogP contribution in [-0.2, 0) is 6.54 Å². The van der Waals surface area contributed by atoms with Crippen molar-refractivity contribution in [2.45, 2.75) is 13.5 Å². The van der Waals surface area contributed by atoms with Gasteiger partial charge in [0, 0.05) is 11.6 Å². The van der Waals surface area contributed by atoms with Gasteiger partial charge in [0.15, 0.2) is 6.54 Å². The van der Waals surface area contributed by atoms with E-state index in [-0.39, 0.29) is 0 Å². The van der Waals surface area contributed by atoms with Crippen molar-refractivity contribution in [1.29, 1.82) is 0 Å². The molecule has 0 saturated carbocycles. The highest BCUT2D eigenvalue weighted by Crippen LogP contribution is 2.15. The van der Waals surface area contributed by atoms with Crippen molar-refractivity contribution < 1.29 is 4.57 Å². The number of hydrogen-bond acceptors (Lipinski definition) is 1. The maximum atomic E-state index is 2.31. The lowest BCUT2D eigenvalue weighted by molar-refractivity contribution is -0.658. The number of fused-ring (bicyclic) bond motifs is 1. The summed E-state index contributed by atoms with van der Waals surface area (Å²) in [5.74, 6) is 0. The molecule has 84 valence electrons. The molecule has 0 N–H and O–H groups in total. The third-order valence-electron chi connectivity index (χ3n) is 2.92. The number of hydrogen-bond donors (Lipinski definition) is 0. The van der Waals surface area contributed by atoms with E-state index in [9.17, 15) is 0 Å². The van der Waals surface area contributed by atoms with Crippen LogP contribution in [-0.4, -0.2) is 0 Å². The van der Waals surface area contributed by atoms with E-state index in [1.54, 1.807) is 11.3 Å². The van der Waals surface area contributed by atoms with E-state index in [4.69, 9.17) is 0 Å². The first-order chi connectivity index (χ1) is 8.33. The number of aryl methyl sites for hydroxylation is 1. The zero-order chi connectivity index (χ0) is 11.7. The van der Waals surface area contributed by atoms with E-state index in [0.717, 1.165) is 6.54 Å². The summed E-state index contributed by atoms with van der Waals surface area (Å²) in [6.07, 6.45) is 0. The maximum absolute atomic E-state index is 2.31. The van der Waals surface area contributed by atoms with Crippen LogP contribution in [0.3, 0.4) is 0 Å². The largest absolute Gasteiger partial charge is 0.226 e. The van der Waals surface area contributed by atoms with Crippen molar-refractivity contribution in [3.8, 4) is 0 Å². The minimum absolute atomic E-state index is 0.950. The molecule has 3 aromatic rings. The molecule has 0 saturated heterocycles. The molecule has 0 radical (unpaired) electrons. The maximum Gasteiger partial charge on any atom is 0.226 e. The molecular weight excluding hydrogens is 226 g/mol. The van der Waals surface area contributed by atoms with E-state index >= 15 is 0 Å². The predicted molar refractivity (Wildman–Crippen MR) is 72.3 cm³/mol. The molecule has 0 spiro atoms. The Balaban J connectivity index is 2.00. The first kappa shape index (κ1) is 10.5. The van der Waals surface area contributed by atoms with E-state index in [0.29, 0.717) is 0 Å². The van der Waals surface area contributed by atoms with Gasteiger partial charge in [0.25, 0.3) is 0 Å². The van der Waals surface area contributed by atoms with Gasteiger partial charge in [-0.05, 0) is 19.1 Å². The SMILES string of the molecule is Cc1cccc(C[n+]2csc3ccccc32)c1. The smallest absolute Gasteiger partial charge is 0.184 e. The number of benzene rings is 2. The Morgan fingerprint density at radius 1 is 1.06 bits per heavy atom. The highest BCUT2D eigenvalue weighted by Gasteiger charge is 2.11. The number of rotatable bonds is 2. The average molecular weight is 240 g/mol. The van der Waals surface area contributed by atoms with Gasteiger partial charge in [-0.3, -0.25) is 0 Å². The summed E-state index contributed by atoms with van der Waals surface area (Å²) in [4.78, 5) is 0. The van der Waals surface area contributed by atoms with Crippen LogP contribution in [0.15, 0.2) is 54.0 Å². The summed E-state index contributed by atoms with van der Waals surface area (Å²) in [6.45, 7) is 3.09. The normalized spacial score (nSPS) is 10.9. The summed E-state index contributed by atoms with van der Waals surface area (Å²) in [6, 6.07) is 17.2. The van der Waals surface area contributed by atoms with Gasteiger partial charge >= 0.3 is 0 Å². The zero-order valence-corrected chi connectivity index (χ0v) is 10.6. The molecule has 1 heterocycles. The Bertz CT molecular complexity index is 655. The molecule has 1 aromatic heterocycles. The fraction of sp³-hybridized carbons (Fsp3) is 0.133. The van der Waals surface area contributed by atoms with Gasteiger partial charge in [-0.15, -0.1) is 0 Å². The summed E-state index contributed by atoms with van der Waals surface area (Å²) >= 11 is 1.80. The standard InChI is InChI=1S/C15H14NS/c1-12-5-4-6-13(9-12)10-16-11-17-15-8-3-2-7-14(15)16/h2-9,11H,10H2,1H3/q+1. The lowest BCUT2D eigenvalue weighted by atomic mass is 10.1. The molecule has 0 aliphatic rings. The van der Waals surface area contributed by atoms with Crippen LogP contribution in [0.1, 0.15) is 11.1 Å². The molecule has 17 heavy (non-hydrogen) atoms. The number of nitrogens with zero attached hydrogens (tertiary/aromatic N) is 1. The minimum Gasteiger partial charge on any atom is -0.184 e.